The summed E-state index contributed by atoms with van der Waals surface area (Å²) in [7, 11) is 0. The third kappa shape index (κ3) is 4.02. The quantitative estimate of drug-likeness (QED) is 0.182. The van der Waals surface area contributed by atoms with Crippen molar-refractivity contribution in [2.24, 2.45) is 0 Å². The zero-order chi connectivity index (χ0) is 26.2. The number of furan rings is 1. The number of rotatable bonds is 6. The van der Waals surface area contributed by atoms with Crippen LogP contribution in [-0.2, 0) is 16.1 Å². The van der Waals surface area contributed by atoms with E-state index in [2.05, 4.69) is 4.98 Å². The molecule has 1 aliphatic heterocycles. The van der Waals surface area contributed by atoms with E-state index in [1.54, 1.807) is 60.0 Å². The van der Waals surface area contributed by atoms with E-state index in [9.17, 15) is 14.7 Å². The summed E-state index contributed by atoms with van der Waals surface area (Å²) in [5.41, 5.74) is 2.10. The Labute approximate surface area is 218 Å². The van der Waals surface area contributed by atoms with Gasteiger partial charge in [0.2, 0.25) is 0 Å². The summed E-state index contributed by atoms with van der Waals surface area (Å²) in [6, 6.07) is 24.5. The van der Waals surface area contributed by atoms with Crippen LogP contribution in [0.1, 0.15) is 28.8 Å². The van der Waals surface area contributed by atoms with E-state index in [4.69, 9.17) is 9.15 Å². The van der Waals surface area contributed by atoms with Crippen LogP contribution in [0.4, 0.5) is 0 Å². The maximum Gasteiger partial charge on any atom is 0.296 e. The number of aliphatic hydroxyl groups excluding tert-OH is 1. The molecule has 6 rings (SSSR count). The number of ether oxygens (including phenoxy) is 1. The molecule has 1 fully saturated rings. The molecule has 4 heterocycles. The highest BCUT2D eigenvalue weighted by Crippen LogP contribution is 2.42. The van der Waals surface area contributed by atoms with Gasteiger partial charge in [-0.1, -0.05) is 36.4 Å². The summed E-state index contributed by atoms with van der Waals surface area (Å²) in [5.74, 6) is -0.105. The largest absolute Gasteiger partial charge is 0.505 e. The van der Waals surface area contributed by atoms with Crippen molar-refractivity contribution in [2.45, 2.75) is 19.5 Å². The van der Waals surface area contributed by atoms with Crippen LogP contribution in [0.15, 0.2) is 107 Å². The van der Waals surface area contributed by atoms with E-state index in [0.29, 0.717) is 39.9 Å². The molecule has 0 aliphatic carbocycles. The van der Waals surface area contributed by atoms with Gasteiger partial charge in [-0.3, -0.25) is 14.0 Å². The normalized spacial score (nSPS) is 16.9. The smallest absolute Gasteiger partial charge is 0.296 e. The molecular formula is C30H23N3O5. The Morgan fingerprint density at radius 2 is 1.76 bits per heavy atom. The number of amides is 1. The standard InChI is InChI=1S/C30H23N3O5/c1-19-26(32-15-6-5-14-24(32)31-19)28(34)25-27(33(30(36)29(25)35)18-23-13-8-16-37-23)20-9-7-12-22(17-20)38-21-10-3-2-4-11-21/h2-17,27,34H,18H2,1H3/b28-25+. The number of likely N-dealkylation sites (tertiary alicyclic amines) is 1. The molecule has 8 nitrogen and oxygen atoms in total. The highest BCUT2D eigenvalue weighted by molar-refractivity contribution is 6.46. The number of pyridine rings is 1. The van der Waals surface area contributed by atoms with Crippen LogP contribution in [0.25, 0.3) is 11.4 Å². The van der Waals surface area contributed by atoms with Crippen LogP contribution in [0.3, 0.4) is 0 Å². The molecule has 1 amide bonds. The number of aromatic nitrogens is 2. The van der Waals surface area contributed by atoms with Gasteiger partial charge in [0, 0.05) is 6.20 Å². The maximum absolute atomic E-state index is 13.5. The predicted octanol–water partition coefficient (Wildman–Crippen LogP) is 5.65. The second-order valence-electron chi connectivity index (χ2n) is 8.97. The Bertz CT molecular complexity index is 1690. The fraction of sp³-hybridized carbons (Fsp3) is 0.100. The SMILES string of the molecule is Cc1nc2ccccn2c1/C(O)=C1\C(=O)C(=O)N(Cc2ccco2)C1c1cccc(Oc2ccccc2)c1. The van der Waals surface area contributed by atoms with Crippen molar-refractivity contribution in [1.29, 1.82) is 0 Å². The second-order valence-corrected chi connectivity index (χ2v) is 8.97. The minimum absolute atomic E-state index is 0.0211. The number of aliphatic hydroxyl groups is 1. The van der Waals surface area contributed by atoms with E-state index in [1.807, 2.05) is 42.5 Å². The van der Waals surface area contributed by atoms with Crippen molar-refractivity contribution in [3.8, 4) is 11.5 Å². The number of nitrogens with zero attached hydrogens (tertiary/aromatic N) is 3. The number of aryl methyl sites for hydroxylation is 1. The summed E-state index contributed by atoms with van der Waals surface area (Å²) in [4.78, 5) is 32.8. The van der Waals surface area contributed by atoms with Gasteiger partial charge in [0.15, 0.2) is 5.76 Å². The van der Waals surface area contributed by atoms with Gasteiger partial charge in [-0.15, -0.1) is 0 Å². The number of fused-ring (bicyclic) bond motifs is 1. The van der Waals surface area contributed by atoms with Gasteiger partial charge in [0.05, 0.1) is 30.1 Å². The molecule has 0 spiro atoms. The molecule has 1 atom stereocenters. The molecule has 0 radical (unpaired) electrons. The first-order chi connectivity index (χ1) is 18.5. The first-order valence-electron chi connectivity index (χ1n) is 12.1. The molecule has 188 valence electrons. The lowest BCUT2D eigenvalue weighted by molar-refractivity contribution is -0.140. The Kier molecular flexibility index (Phi) is 5.76. The number of Topliss-reactive ketones (excluding diaryl/α,β-unsaturated/α-hetero) is 1. The average Bonchev–Trinajstić information content (AvgIpc) is 3.62. The Balaban J connectivity index is 1.51. The van der Waals surface area contributed by atoms with Crippen LogP contribution < -0.4 is 4.74 Å². The molecular weight excluding hydrogens is 482 g/mol. The third-order valence-corrected chi connectivity index (χ3v) is 6.53. The van der Waals surface area contributed by atoms with Crippen LogP contribution >= 0.6 is 0 Å². The lowest BCUT2D eigenvalue weighted by Gasteiger charge is -2.25. The van der Waals surface area contributed by atoms with Crippen molar-refractivity contribution >= 4 is 23.1 Å². The number of hydrogen-bond donors (Lipinski definition) is 1. The maximum atomic E-state index is 13.5. The van der Waals surface area contributed by atoms with Gasteiger partial charge in [-0.2, -0.15) is 0 Å². The minimum atomic E-state index is -0.881. The van der Waals surface area contributed by atoms with Crippen LogP contribution in [0.5, 0.6) is 11.5 Å². The van der Waals surface area contributed by atoms with E-state index < -0.39 is 17.7 Å². The van der Waals surface area contributed by atoms with E-state index in [-0.39, 0.29) is 17.9 Å². The summed E-state index contributed by atoms with van der Waals surface area (Å²) in [5, 5.41) is 11.6. The average molecular weight is 506 g/mol. The monoisotopic (exact) mass is 505 g/mol. The van der Waals surface area contributed by atoms with Gasteiger partial charge in [0.1, 0.15) is 28.6 Å². The summed E-state index contributed by atoms with van der Waals surface area (Å²) >= 11 is 0. The summed E-state index contributed by atoms with van der Waals surface area (Å²) < 4.78 is 13.2. The van der Waals surface area contributed by atoms with Gasteiger partial charge < -0.3 is 19.2 Å². The van der Waals surface area contributed by atoms with Crippen LogP contribution in [0, 0.1) is 6.92 Å². The molecule has 5 aromatic rings. The van der Waals surface area contributed by atoms with Crippen molar-refractivity contribution < 1.29 is 23.8 Å². The van der Waals surface area contributed by atoms with E-state index in [1.165, 1.54) is 11.2 Å². The van der Waals surface area contributed by atoms with Crippen molar-refractivity contribution in [1.82, 2.24) is 14.3 Å². The van der Waals surface area contributed by atoms with E-state index >= 15 is 0 Å². The first kappa shape index (κ1) is 23.3. The number of imidazole rings is 1. The van der Waals surface area contributed by atoms with E-state index in [0.717, 1.165) is 0 Å². The number of ketones is 1. The fourth-order valence-electron chi connectivity index (χ4n) is 4.86. The van der Waals surface area contributed by atoms with Crippen LogP contribution in [0.2, 0.25) is 0 Å². The zero-order valence-electron chi connectivity index (χ0n) is 20.4. The molecule has 1 N–H and O–H groups in total. The number of benzene rings is 2. The topological polar surface area (TPSA) is 97.3 Å². The van der Waals surface area contributed by atoms with Gasteiger partial charge in [-0.25, -0.2) is 4.98 Å². The highest BCUT2D eigenvalue weighted by atomic mass is 16.5. The molecule has 1 aliphatic rings. The Hall–Kier alpha value is -5.11. The molecule has 1 saturated heterocycles. The number of carbonyl (C=O) groups is 2. The predicted molar refractivity (Wildman–Crippen MR) is 139 cm³/mol. The van der Waals surface area contributed by atoms with Crippen molar-refractivity contribution in [3.05, 3.63) is 126 Å². The third-order valence-electron chi connectivity index (χ3n) is 6.53. The highest BCUT2D eigenvalue weighted by Gasteiger charge is 2.47. The number of hydrogen-bond acceptors (Lipinski definition) is 6. The number of carbonyl (C=O) groups excluding carboxylic acids is 2. The fourth-order valence-corrected chi connectivity index (χ4v) is 4.86. The molecule has 2 aromatic carbocycles. The van der Waals surface area contributed by atoms with Crippen molar-refractivity contribution in [3.63, 3.8) is 0 Å². The van der Waals surface area contributed by atoms with Gasteiger partial charge in [-0.05, 0) is 61.0 Å². The Morgan fingerprint density at radius 3 is 2.55 bits per heavy atom. The molecule has 3 aromatic heterocycles. The van der Waals surface area contributed by atoms with Gasteiger partial charge in [0.25, 0.3) is 11.7 Å². The molecule has 38 heavy (non-hydrogen) atoms. The summed E-state index contributed by atoms with van der Waals surface area (Å²) in [6.07, 6.45) is 3.27. The van der Waals surface area contributed by atoms with Crippen LogP contribution in [-0.4, -0.2) is 31.1 Å². The number of para-hydroxylation sites is 1. The summed E-state index contributed by atoms with van der Waals surface area (Å²) in [6.45, 7) is 1.80. The first-order valence-corrected chi connectivity index (χ1v) is 12.1. The molecule has 0 bridgehead atoms. The van der Waals surface area contributed by atoms with Crippen molar-refractivity contribution in [2.75, 3.05) is 0 Å². The molecule has 0 saturated carbocycles. The molecule has 1 unspecified atom stereocenters. The second kappa shape index (κ2) is 9.40. The lowest BCUT2D eigenvalue weighted by atomic mass is 9.96. The molecule has 8 heteroatoms. The van der Waals surface area contributed by atoms with Gasteiger partial charge >= 0.3 is 0 Å². The lowest BCUT2D eigenvalue weighted by Crippen LogP contribution is -2.29. The minimum Gasteiger partial charge on any atom is -0.505 e. The zero-order valence-corrected chi connectivity index (χ0v) is 20.4. The Morgan fingerprint density at radius 1 is 0.974 bits per heavy atom.